The molecule has 0 N–H and O–H groups in total. The normalized spacial score (nSPS) is 15.8. The highest BCUT2D eigenvalue weighted by Gasteiger charge is 1.99. The van der Waals surface area contributed by atoms with Crippen LogP contribution in [0, 0.1) is 19.3 Å². The summed E-state index contributed by atoms with van der Waals surface area (Å²) in [5.41, 5.74) is 2.50. The number of aryl methyl sites for hydroxylation is 1. The van der Waals surface area contributed by atoms with Crippen molar-refractivity contribution in [2.45, 2.75) is 51.9 Å². The van der Waals surface area contributed by atoms with E-state index in [4.69, 9.17) is 6.42 Å². The van der Waals surface area contributed by atoms with E-state index < -0.39 is 0 Å². The second-order valence-corrected chi connectivity index (χ2v) is 4.57. The van der Waals surface area contributed by atoms with Gasteiger partial charge in [-0.15, -0.1) is 6.42 Å². The molecule has 1 aromatic carbocycles. The van der Waals surface area contributed by atoms with Crippen LogP contribution in [-0.4, -0.2) is 0 Å². The quantitative estimate of drug-likeness (QED) is 0.595. The summed E-state index contributed by atoms with van der Waals surface area (Å²) in [5, 5.41) is 0. The van der Waals surface area contributed by atoms with Gasteiger partial charge in [-0.2, -0.15) is 0 Å². The standard InChI is InChI=1S/C11H12.C5H10/c1-4-10(3)11-7-5-6-9(2)8-11;1-2-4-5-3-1/h1,5-8,10H,2-3H3;1-5H2. The average molecular weight is 214 g/mol. The Balaban J connectivity index is 0.000000212. The minimum absolute atomic E-state index is 0.231. The molecule has 1 fully saturated rings. The first-order valence-electron chi connectivity index (χ1n) is 6.26. The maximum Gasteiger partial charge on any atom is 0.0421 e. The maximum atomic E-state index is 5.30. The molecule has 0 nitrogen and oxygen atoms in total. The van der Waals surface area contributed by atoms with Gasteiger partial charge in [-0.25, -0.2) is 0 Å². The molecule has 0 spiro atoms. The Labute approximate surface area is 100 Å². The van der Waals surface area contributed by atoms with Crippen molar-refractivity contribution in [3.8, 4) is 12.3 Å². The summed E-state index contributed by atoms with van der Waals surface area (Å²) in [4.78, 5) is 0. The minimum Gasteiger partial charge on any atom is -0.119 e. The monoisotopic (exact) mass is 214 g/mol. The van der Waals surface area contributed by atoms with E-state index in [0.717, 1.165) is 0 Å². The fraction of sp³-hybridized carbons (Fsp3) is 0.500. The third-order valence-corrected chi connectivity index (χ3v) is 3.04. The highest BCUT2D eigenvalue weighted by atomic mass is 14.0. The highest BCUT2D eigenvalue weighted by molar-refractivity contribution is 5.29. The Hall–Kier alpha value is -1.22. The van der Waals surface area contributed by atoms with Gasteiger partial charge in [0.1, 0.15) is 0 Å². The molecule has 16 heavy (non-hydrogen) atoms. The van der Waals surface area contributed by atoms with Crippen molar-refractivity contribution in [3.05, 3.63) is 35.4 Å². The molecule has 1 aromatic rings. The van der Waals surface area contributed by atoms with Crippen LogP contribution in [0.15, 0.2) is 24.3 Å². The van der Waals surface area contributed by atoms with Crippen LogP contribution in [0.25, 0.3) is 0 Å². The molecule has 1 saturated carbocycles. The maximum absolute atomic E-state index is 5.30. The van der Waals surface area contributed by atoms with Gasteiger partial charge in [0.2, 0.25) is 0 Å². The lowest BCUT2D eigenvalue weighted by atomic mass is 10.0. The lowest BCUT2D eigenvalue weighted by Gasteiger charge is -2.03. The van der Waals surface area contributed by atoms with Gasteiger partial charge in [-0.05, 0) is 19.4 Å². The Morgan fingerprint density at radius 3 is 2.12 bits per heavy atom. The summed E-state index contributed by atoms with van der Waals surface area (Å²) in [6.45, 7) is 4.11. The zero-order chi connectivity index (χ0) is 11.8. The summed E-state index contributed by atoms with van der Waals surface area (Å²) in [6, 6.07) is 8.31. The van der Waals surface area contributed by atoms with Crippen molar-refractivity contribution in [1.82, 2.24) is 0 Å². The lowest BCUT2D eigenvalue weighted by molar-refractivity contribution is 0.886. The van der Waals surface area contributed by atoms with Crippen molar-refractivity contribution in [1.29, 1.82) is 0 Å². The van der Waals surface area contributed by atoms with Crippen LogP contribution in [0.5, 0.6) is 0 Å². The smallest absolute Gasteiger partial charge is 0.0421 e. The molecule has 0 amide bonds. The number of hydrogen-bond donors (Lipinski definition) is 0. The second-order valence-electron chi connectivity index (χ2n) is 4.57. The number of hydrogen-bond acceptors (Lipinski definition) is 0. The molecule has 0 saturated heterocycles. The van der Waals surface area contributed by atoms with Gasteiger partial charge in [0.25, 0.3) is 0 Å². The summed E-state index contributed by atoms with van der Waals surface area (Å²) >= 11 is 0. The molecule has 0 radical (unpaired) electrons. The van der Waals surface area contributed by atoms with E-state index >= 15 is 0 Å². The molecule has 0 aliphatic heterocycles. The summed E-state index contributed by atoms with van der Waals surface area (Å²) in [7, 11) is 0. The van der Waals surface area contributed by atoms with Crippen LogP contribution >= 0.6 is 0 Å². The number of rotatable bonds is 1. The minimum atomic E-state index is 0.231. The van der Waals surface area contributed by atoms with E-state index in [1.165, 1.54) is 43.2 Å². The van der Waals surface area contributed by atoms with Gasteiger partial charge < -0.3 is 0 Å². The van der Waals surface area contributed by atoms with Gasteiger partial charge in [0.05, 0.1) is 0 Å². The molecule has 1 atom stereocenters. The molecule has 1 aliphatic rings. The first-order valence-corrected chi connectivity index (χ1v) is 6.26. The second kappa shape index (κ2) is 7.12. The molecule has 0 bridgehead atoms. The zero-order valence-electron chi connectivity index (χ0n) is 10.5. The number of benzene rings is 1. The van der Waals surface area contributed by atoms with Crippen molar-refractivity contribution in [2.75, 3.05) is 0 Å². The van der Waals surface area contributed by atoms with Crippen LogP contribution in [-0.2, 0) is 0 Å². The van der Waals surface area contributed by atoms with Gasteiger partial charge in [0, 0.05) is 5.92 Å². The predicted molar refractivity (Wildman–Crippen MR) is 71.5 cm³/mol. The molecule has 1 aliphatic carbocycles. The molecule has 1 unspecified atom stereocenters. The van der Waals surface area contributed by atoms with Crippen LogP contribution in [0.1, 0.15) is 56.1 Å². The average Bonchev–Trinajstić information content (AvgIpc) is 2.86. The van der Waals surface area contributed by atoms with Crippen molar-refractivity contribution in [2.24, 2.45) is 0 Å². The van der Waals surface area contributed by atoms with E-state index in [-0.39, 0.29) is 5.92 Å². The van der Waals surface area contributed by atoms with Crippen LogP contribution in [0.2, 0.25) is 0 Å². The molecule has 0 heterocycles. The Bertz CT molecular complexity index is 332. The van der Waals surface area contributed by atoms with E-state index in [9.17, 15) is 0 Å². The Kier molecular flexibility index (Phi) is 5.72. The fourth-order valence-corrected chi connectivity index (χ4v) is 1.92. The first-order chi connectivity index (χ1) is 7.74. The topological polar surface area (TPSA) is 0 Å². The molecule has 0 aromatic heterocycles. The van der Waals surface area contributed by atoms with Gasteiger partial charge in [0.15, 0.2) is 0 Å². The van der Waals surface area contributed by atoms with Crippen LogP contribution in [0.4, 0.5) is 0 Å². The highest BCUT2D eigenvalue weighted by Crippen LogP contribution is 2.15. The summed E-state index contributed by atoms with van der Waals surface area (Å²) < 4.78 is 0. The molecule has 2 rings (SSSR count). The largest absolute Gasteiger partial charge is 0.119 e. The molecule has 0 heteroatoms. The third-order valence-electron chi connectivity index (χ3n) is 3.04. The zero-order valence-corrected chi connectivity index (χ0v) is 10.5. The van der Waals surface area contributed by atoms with E-state index in [2.05, 4.69) is 31.0 Å². The Morgan fingerprint density at radius 2 is 1.69 bits per heavy atom. The van der Waals surface area contributed by atoms with Crippen molar-refractivity contribution in [3.63, 3.8) is 0 Å². The van der Waals surface area contributed by atoms with Crippen LogP contribution < -0.4 is 0 Å². The van der Waals surface area contributed by atoms with Crippen LogP contribution in [0.3, 0.4) is 0 Å². The fourth-order valence-electron chi connectivity index (χ4n) is 1.92. The van der Waals surface area contributed by atoms with Gasteiger partial charge in [-0.1, -0.05) is 67.9 Å². The molecule has 86 valence electrons. The van der Waals surface area contributed by atoms with E-state index in [1.807, 2.05) is 13.0 Å². The number of terminal acetylenes is 1. The SMILES string of the molecule is C#CC(C)c1cccc(C)c1.C1CCCC1. The third kappa shape index (κ3) is 4.53. The van der Waals surface area contributed by atoms with E-state index in [1.54, 1.807) is 0 Å². The Morgan fingerprint density at radius 1 is 1.12 bits per heavy atom. The van der Waals surface area contributed by atoms with Gasteiger partial charge >= 0.3 is 0 Å². The lowest BCUT2D eigenvalue weighted by Crippen LogP contribution is -1.88. The predicted octanol–water partition coefficient (Wildman–Crippen LogP) is 4.68. The van der Waals surface area contributed by atoms with Gasteiger partial charge in [-0.3, -0.25) is 0 Å². The summed E-state index contributed by atoms with van der Waals surface area (Å²) in [6.07, 6.45) is 12.8. The van der Waals surface area contributed by atoms with E-state index in [0.29, 0.717) is 0 Å². The summed E-state index contributed by atoms with van der Waals surface area (Å²) in [5.74, 6) is 2.94. The molecular formula is C16H22. The molecular weight excluding hydrogens is 192 g/mol. The first kappa shape index (κ1) is 12.8. The van der Waals surface area contributed by atoms with Crippen molar-refractivity contribution >= 4 is 0 Å². The van der Waals surface area contributed by atoms with Crippen molar-refractivity contribution < 1.29 is 0 Å².